The van der Waals surface area contributed by atoms with Crippen molar-refractivity contribution in [3.63, 3.8) is 0 Å². The van der Waals surface area contributed by atoms with E-state index in [1.54, 1.807) is 6.33 Å². The summed E-state index contributed by atoms with van der Waals surface area (Å²) in [5.74, 6) is 1.86. The van der Waals surface area contributed by atoms with Gasteiger partial charge >= 0.3 is 0 Å². The van der Waals surface area contributed by atoms with Gasteiger partial charge < -0.3 is 9.88 Å². The molecule has 0 aromatic carbocycles. The lowest BCUT2D eigenvalue weighted by molar-refractivity contribution is -0.121. The monoisotopic (exact) mass is 264 g/mol. The Morgan fingerprint density at radius 1 is 1.42 bits per heavy atom. The number of aromatic nitrogens is 3. The summed E-state index contributed by atoms with van der Waals surface area (Å²) in [6.45, 7) is 0.649. The third-order valence-corrected chi connectivity index (χ3v) is 3.98. The van der Waals surface area contributed by atoms with Crippen LogP contribution in [-0.2, 0) is 18.3 Å². The Hall–Kier alpha value is -1.39. The van der Waals surface area contributed by atoms with Crippen molar-refractivity contribution in [1.29, 1.82) is 0 Å². The van der Waals surface area contributed by atoms with E-state index in [0.29, 0.717) is 13.0 Å². The lowest BCUT2D eigenvalue weighted by atomic mass is 9.86. The van der Waals surface area contributed by atoms with Crippen LogP contribution in [0.4, 0.5) is 0 Å². The fourth-order valence-electron chi connectivity index (χ4n) is 2.75. The number of carbonyl (C=O) groups excluding carboxylic acids is 1. The van der Waals surface area contributed by atoms with E-state index in [4.69, 9.17) is 0 Å². The minimum Gasteiger partial charge on any atom is -0.356 e. The number of aryl methyl sites for hydroxylation is 1. The van der Waals surface area contributed by atoms with E-state index in [1.807, 2.05) is 11.6 Å². The Kier molecular flexibility index (Phi) is 5.36. The molecule has 1 aliphatic rings. The Morgan fingerprint density at radius 2 is 2.21 bits per heavy atom. The molecule has 1 saturated carbocycles. The van der Waals surface area contributed by atoms with Crippen LogP contribution >= 0.6 is 0 Å². The average molecular weight is 264 g/mol. The van der Waals surface area contributed by atoms with Crippen LogP contribution in [0.2, 0.25) is 0 Å². The Labute approximate surface area is 114 Å². The molecule has 106 valence electrons. The molecule has 1 N–H and O–H groups in total. The highest BCUT2D eigenvalue weighted by molar-refractivity contribution is 5.75. The highest BCUT2D eigenvalue weighted by Gasteiger charge is 2.14. The van der Waals surface area contributed by atoms with Crippen LogP contribution in [-0.4, -0.2) is 27.2 Å². The smallest absolute Gasteiger partial charge is 0.220 e. The number of carbonyl (C=O) groups is 1. The molecule has 1 aliphatic carbocycles. The molecular weight excluding hydrogens is 240 g/mol. The third-order valence-electron chi connectivity index (χ3n) is 3.98. The SMILES string of the molecule is Cn1cnnc1CCNC(=O)CCC1CCCCC1. The van der Waals surface area contributed by atoms with E-state index in [0.717, 1.165) is 24.6 Å². The van der Waals surface area contributed by atoms with Crippen molar-refractivity contribution >= 4 is 5.91 Å². The Balaban J connectivity index is 1.58. The topological polar surface area (TPSA) is 59.8 Å². The van der Waals surface area contributed by atoms with Gasteiger partial charge in [-0.3, -0.25) is 4.79 Å². The van der Waals surface area contributed by atoms with Gasteiger partial charge in [-0.25, -0.2) is 0 Å². The van der Waals surface area contributed by atoms with E-state index in [-0.39, 0.29) is 5.91 Å². The van der Waals surface area contributed by atoms with Gasteiger partial charge in [-0.2, -0.15) is 0 Å². The minimum atomic E-state index is 0.174. The first-order valence-corrected chi connectivity index (χ1v) is 7.35. The van der Waals surface area contributed by atoms with Crippen LogP contribution in [0.5, 0.6) is 0 Å². The van der Waals surface area contributed by atoms with Crippen LogP contribution in [0.1, 0.15) is 50.8 Å². The second-order valence-electron chi connectivity index (χ2n) is 5.50. The number of hydrogen-bond donors (Lipinski definition) is 1. The van der Waals surface area contributed by atoms with E-state index in [9.17, 15) is 4.79 Å². The largest absolute Gasteiger partial charge is 0.356 e. The molecule has 2 rings (SSSR count). The minimum absolute atomic E-state index is 0.174. The molecule has 5 nitrogen and oxygen atoms in total. The Morgan fingerprint density at radius 3 is 2.89 bits per heavy atom. The highest BCUT2D eigenvalue weighted by Crippen LogP contribution is 2.27. The first kappa shape index (κ1) is 14.0. The zero-order valence-electron chi connectivity index (χ0n) is 11.8. The van der Waals surface area contributed by atoms with Gasteiger partial charge in [0.2, 0.25) is 5.91 Å². The summed E-state index contributed by atoms with van der Waals surface area (Å²) in [4.78, 5) is 11.7. The zero-order valence-corrected chi connectivity index (χ0v) is 11.8. The van der Waals surface area contributed by atoms with Crippen LogP contribution < -0.4 is 5.32 Å². The van der Waals surface area contributed by atoms with Crippen LogP contribution in [0, 0.1) is 5.92 Å². The average Bonchev–Trinajstić information content (AvgIpc) is 2.83. The molecule has 1 amide bonds. The molecular formula is C14H24N4O. The van der Waals surface area contributed by atoms with Gasteiger partial charge in [-0.15, -0.1) is 10.2 Å². The number of hydrogen-bond acceptors (Lipinski definition) is 3. The second kappa shape index (κ2) is 7.26. The number of amides is 1. The Bertz CT molecular complexity index is 396. The zero-order chi connectivity index (χ0) is 13.5. The summed E-state index contributed by atoms with van der Waals surface area (Å²) < 4.78 is 1.88. The van der Waals surface area contributed by atoms with Gasteiger partial charge in [0.25, 0.3) is 0 Å². The van der Waals surface area contributed by atoms with Gasteiger partial charge in [0.15, 0.2) is 0 Å². The maximum Gasteiger partial charge on any atom is 0.220 e. The summed E-state index contributed by atoms with van der Waals surface area (Å²) >= 11 is 0. The van der Waals surface area contributed by atoms with Crippen molar-refractivity contribution in [3.8, 4) is 0 Å². The van der Waals surface area contributed by atoms with Gasteiger partial charge in [0.05, 0.1) is 0 Å². The fraction of sp³-hybridized carbons (Fsp3) is 0.786. The molecule has 0 saturated heterocycles. The molecule has 1 heterocycles. The number of nitrogens with one attached hydrogen (secondary N) is 1. The van der Waals surface area contributed by atoms with Crippen LogP contribution in [0.3, 0.4) is 0 Å². The summed E-state index contributed by atoms with van der Waals surface area (Å²) in [5, 5.41) is 10.8. The van der Waals surface area contributed by atoms with Gasteiger partial charge in [-0.05, 0) is 12.3 Å². The van der Waals surface area contributed by atoms with Crippen LogP contribution in [0.25, 0.3) is 0 Å². The van der Waals surface area contributed by atoms with Crippen molar-refractivity contribution in [2.24, 2.45) is 13.0 Å². The molecule has 0 aliphatic heterocycles. The quantitative estimate of drug-likeness (QED) is 0.852. The first-order chi connectivity index (χ1) is 9.25. The van der Waals surface area contributed by atoms with Crippen molar-refractivity contribution < 1.29 is 4.79 Å². The molecule has 1 aromatic heterocycles. The predicted octanol–water partition coefficient (Wildman–Crippen LogP) is 1.83. The molecule has 0 atom stereocenters. The van der Waals surface area contributed by atoms with E-state index in [1.165, 1.54) is 32.1 Å². The van der Waals surface area contributed by atoms with E-state index in [2.05, 4.69) is 15.5 Å². The summed E-state index contributed by atoms with van der Waals surface area (Å²) in [6, 6.07) is 0. The van der Waals surface area contributed by atoms with Crippen molar-refractivity contribution in [2.75, 3.05) is 6.54 Å². The van der Waals surface area contributed by atoms with Gasteiger partial charge in [0.1, 0.15) is 12.2 Å². The number of rotatable bonds is 6. The molecule has 1 fully saturated rings. The normalized spacial score (nSPS) is 16.5. The third kappa shape index (κ3) is 4.65. The molecule has 1 aromatic rings. The van der Waals surface area contributed by atoms with Crippen LogP contribution in [0.15, 0.2) is 6.33 Å². The van der Waals surface area contributed by atoms with Crippen molar-refractivity contribution in [2.45, 2.75) is 51.4 Å². The lowest BCUT2D eigenvalue weighted by Gasteiger charge is -2.20. The first-order valence-electron chi connectivity index (χ1n) is 7.35. The second-order valence-corrected chi connectivity index (χ2v) is 5.50. The van der Waals surface area contributed by atoms with Gasteiger partial charge in [-0.1, -0.05) is 32.1 Å². The van der Waals surface area contributed by atoms with Crippen molar-refractivity contribution in [3.05, 3.63) is 12.2 Å². The van der Waals surface area contributed by atoms with Crippen molar-refractivity contribution in [1.82, 2.24) is 20.1 Å². The molecule has 0 unspecified atom stereocenters. The summed E-state index contributed by atoms with van der Waals surface area (Å²) in [7, 11) is 1.92. The lowest BCUT2D eigenvalue weighted by Crippen LogP contribution is -2.26. The predicted molar refractivity (Wildman–Crippen MR) is 73.5 cm³/mol. The maximum absolute atomic E-state index is 11.7. The highest BCUT2D eigenvalue weighted by atomic mass is 16.1. The summed E-state index contributed by atoms with van der Waals surface area (Å²) in [5.41, 5.74) is 0. The van der Waals surface area contributed by atoms with E-state index >= 15 is 0 Å². The molecule has 0 bridgehead atoms. The number of nitrogens with zero attached hydrogens (tertiary/aromatic N) is 3. The van der Waals surface area contributed by atoms with Gasteiger partial charge in [0, 0.05) is 26.4 Å². The molecule has 5 heteroatoms. The standard InChI is InChI=1S/C14H24N4O/c1-18-11-16-17-13(18)9-10-15-14(19)8-7-12-5-3-2-4-6-12/h11-12H,2-10H2,1H3,(H,15,19). The molecule has 0 radical (unpaired) electrons. The summed E-state index contributed by atoms with van der Waals surface area (Å²) in [6.07, 6.45) is 10.8. The maximum atomic E-state index is 11.7. The molecule has 0 spiro atoms. The van der Waals surface area contributed by atoms with E-state index < -0.39 is 0 Å². The fourth-order valence-corrected chi connectivity index (χ4v) is 2.75. The molecule has 19 heavy (non-hydrogen) atoms.